The van der Waals surface area contributed by atoms with Gasteiger partial charge >= 0.3 is 0 Å². The zero-order valence-electron chi connectivity index (χ0n) is 13.3. The lowest BCUT2D eigenvalue weighted by Crippen LogP contribution is -2.23. The van der Waals surface area contributed by atoms with Crippen LogP contribution in [-0.2, 0) is 0 Å². The second kappa shape index (κ2) is 6.01. The van der Waals surface area contributed by atoms with Gasteiger partial charge in [0, 0.05) is 11.8 Å². The molecule has 0 fully saturated rings. The molecule has 0 spiro atoms. The molecule has 0 saturated heterocycles. The molecule has 0 unspecified atom stereocenters. The van der Waals surface area contributed by atoms with Gasteiger partial charge in [-0.25, -0.2) is 9.67 Å². The average molecular weight is 377 g/mol. The summed E-state index contributed by atoms with van der Waals surface area (Å²) in [6.07, 6.45) is 5.20. The Kier molecular flexibility index (Phi) is 3.51. The van der Waals surface area contributed by atoms with Crippen LogP contribution in [0.3, 0.4) is 0 Å². The minimum Gasteiger partial charge on any atom is -0.266 e. The number of thiazole rings is 1. The van der Waals surface area contributed by atoms with Gasteiger partial charge in [0.05, 0.1) is 15.1 Å². The maximum atomic E-state index is 12.5. The van der Waals surface area contributed by atoms with Crippen LogP contribution in [0.4, 0.5) is 0 Å². The molecule has 0 N–H and O–H groups in total. The van der Waals surface area contributed by atoms with Crippen LogP contribution in [0.25, 0.3) is 27.3 Å². The van der Waals surface area contributed by atoms with E-state index >= 15 is 0 Å². The SMILES string of the molecule is O=c1/c(=C/c2cn(-c3ccccc3)nc2-c2cccs2)sc2ncnn12. The monoisotopic (exact) mass is 377 g/mol. The van der Waals surface area contributed by atoms with Gasteiger partial charge in [0.25, 0.3) is 5.56 Å². The Hall–Kier alpha value is -3.10. The normalized spacial score (nSPS) is 12.2. The number of fused-ring (bicyclic) bond motifs is 1. The van der Waals surface area contributed by atoms with Crippen molar-refractivity contribution in [2.24, 2.45) is 0 Å². The maximum absolute atomic E-state index is 12.5. The van der Waals surface area contributed by atoms with Crippen molar-refractivity contribution in [3.8, 4) is 16.3 Å². The van der Waals surface area contributed by atoms with Crippen LogP contribution in [0.15, 0.2) is 65.2 Å². The molecular weight excluding hydrogens is 366 g/mol. The molecule has 126 valence electrons. The largest absolute Gasteiger partial charge is 0.291 e. The molecule has 6 nitrogen and oxygen atoms in total. The first-order valence-electron chi connectivity index (χ1n) is 7.83. The number of hydrogen-bond donors (Lipinski definition) is 0. The molecule has 0 aliphatic heterocycles. The first-order chi connectivity index (χ1) is 12.8. The second-order valence-electron chi connectivity index (χ2n) is 5.56. The minimum absolute atomic E-state index is 0.160. The Balaban J connectivity index is 1.74. The lowest BCUT2D eigenvalue weighted by atomic mass is 10.2. The Bertz CT molecular complexity index is 1300. The van der Waals surface area contributed by atoms with Crippen LogP contribution in [0, 0.1) is 0 Å². The van der Waals surface area contributed by atoms with E-state index in [-0.39, 0.29) is 5.56 Å². The van der Waals surface area contributed by atoms with Crippen molar-refractivity contribution in [3.05, 3.63) is 80.8 Å². The van der Waals surface area contributed by atoms with Gasteiger partial charge in [0.1, 0.15) is 12.0 Å². The Morgan fingerprint density at radius 3 is 2.73 bits per heavy atom. The van der Waals surface area contributed by atoms with E-state index in [9.17, 15) is 4.79 Å². The highest BCUT2D eigenvalue weighted by Gasteiger charge is 2.13. The molecule has 4 aromatic heterocycles. The van der Waals surface area contributed by atoms with Crippen LogP contribution < -0.4 is 10.1 Å². The third kappa shape index (κ3) is 2.47. The molecule has 0 amide bonds. The summed E-state index contributed by atoms with van der Waals surface area (Å²) in [7, 11) is 0. The number of aromatic nitrogens is 5. The van der Waals surface area contributed by atoms with E-state index in [2.05, 4.69) is 10.1 Å². The summed E-state index contributed by atoms with van der Waals surface area (Å²) < 4.78 is 3.75. The quantitative estimate of drug-likeness (QED) is 0.485. The maximum Gasteiger partial charge on any atom is 0.291 e. The van der Waals surface area contributed by atoms with Crippen molar-refractivity contribution in [2.45, 2.75) is 0 Å². The zero-order chi connectivity index (χ0) is 17.5. The fraction of sp³-hybridized carbons (Fsp3) is 0. The number of rotatable bonds is 3. The number of hydrogen-bond acceptors (Lipinski definition) is 6. The van der Waals surface area contributed by atoms with Crippen molar-refractivity contribution in [3.63, 3.8) is 0 Å². The molecule has 0 aliphatic rings. The standard InChI is InChI=1S/C18H11N5OS2/c24-17-15(26-18-19-11-20-23(17)18)9-12-10-22(13-5-2-1-3-6-13)21-16(12)14-7-4-8-25-14/h1-11H/b15-9-. The molecule has 0 saturated carbocycles. The van der Waals surface area contributed by atoms with Crippen LogP contribution in [0.2, 0.25) is 0 Å². The first-order valence-corrected chi connectivity index (χ1v) is 9.52. The minimum atomic E-state index is -0.160. The van der Waals surface area contributed by atoms with Gasteiger partial charge in [-0.05, 0) is 29.7 Å². The average Bonchev–Trinajstić information content (AvgIpc) is 3.43. The summed E-state index contributed by atoms with van der Waals surface area (Å²) in [6.45, 7) is 0. The summed E-state index contributed by atoms with van der Waals surface area (Å²) in [5.74, 6) is 0. The predicted molar refractivity (Wildman–Crippen MR) is 103 cm³/mol. The van der Waals surface area contributed by atoms with Gasteiger partial charge in [0.15, 0.2) is 0 Å². The smallest absolute Gasteiger partial charge is 0.266 e. The van der Waals surface area contributed by atoms with Gasteiger partial charge in [-0.2, -0.15) is 14.7 Å². The van der Waals surface area contributed by atoms with Gasteiger partial charge in [0.2, 0.25) is 4.96 Å². The third-order valence-electron chi connectivity index (χ3n) is 3.93. The van der Waals surface area contributed by atoms with E-state index in [1.807, 2.05) is 64.8 Å². The fourth-order valence-corrected chi connectivity index (χ4v) is 4.33. The summed E-state index contributed by atoms with van der Waals surface area (Å²) in [4.78, 5) is 18.2. The summed E-state index contributed by atoms with van der Waals surface area (Å²) in [5.41, 5.74) is 2.54. The number of para-hydroxylation sites is 1. The van der Waals surface area contributed by atoms with E-state index < -0.39 is 0 Å². The van der Waals surface area contributed by atoms with Crippen LogP contribution in [0.5, 0.6) is 0 Å². The molecule has 1 aromatic carbocycles. The topological polar surface area (TPSA) is 65.1 Å². The zero-order valence-corrected chi connectivity index (χ0v) is 14.9. The molecule has 0 atom stereocenters. The van der Waals surface area contributed by atoms with Crippen LogP contribution >= 0.6 is 22.7 Å². The van der Waals surface area contributed by atoms with Gasteiger partial charge in [-0.3, -0.25) is 4.79 Å². The van der Waals surface area contributed by atoms with Gasteiger partial charge in [-0.1, -0.05) is 35.6 Å². The summed E-state index contributed by atoms with van der Waals surface area (Å²) in [5, 5.41) is 10.7. The van der Waals surface area contributed by atoms with E-state index in [1.54, 1.807) is 11.3 Å². The predicted octanol–water partition coefficient (Wildman–Crippen LogP) is 2.61. The van der Waals surface area contributed by atoms with Gasteiger partial charge in [-0.15, -0.1) is 11.3 Å². The van der Waals surface area contributed by atoms with Crippen molar-refractivity contribution in [1.29, 1.82) is 0 Å². The molecule has 0 bridgehead atoms. The Morgan fingerprint density at radius 1 is 1.08 bits per heavy atom. The van der Waals surface area contributed by atoms with E-state index in [4.69, 9.17) is 5.10 Å². The Morgan fingerprint density at radius 2 is 1.96 bits per heavy atom. The number of nitrogens with zero attached hydrogens (tertiary/aromatic N) is 5. The summed E-state index contributed by atoms with van der Waals surface area (Å²) in [6, 6.07) is 13.9. The lowest BCUT2D eigenvalue weighted by molar-refractivity contribution is 0.885. The summed E-state index contributed by atoms with van der Waals surface area (Å²) >= 11 is 2.94. The molecule has 8 heteroatoms. The highest BCUT2D eigenvalue weighted by atomic mass is 32.1. The van der Waals surface area contributed by atoms with E-state index in [1.165, 1.54) is 22.2 Å². The van der Waals surface area contributed by atoms with Crippen molar-refractivity contribution >= 4 is 33.7 Å². The fourth-order valence-electron chi connectivity index (χ4n) is 2.73. The molecule has 0 radical (unpaired) electrons. The van der Waals surface area contributed by atoms with E-state index in [0.29, 0.717) is 9.49 Å². The van der Waals surface area contributed by atoms with Crippen molar-refractivity contribution in [1.82, 2.24) is 24.4 Å². The van der Waals surface area contributed by atoms with Crippen LogP contribution in [-0.4, -0.2) is 24.4 Å². The van der Waals surface area contributed by atoms with Crippen molar-refractivity contribution in [2.75, 3.05) is 0 Å². The molecule has 26 heavy (non-hydrogen) atoms. The lowest BCUT2D eigenvalue weighted by Gasteiger charge is -1.99. The Labute approximate surface area is 155 Å². The first kappa shape index (κ1) is 15.2. The molecule has 5 rings (SSSR count). The second-order valence-corrected chi connectivity index (χ2v) is 7.52. The highest BCUT2D eigenvalue weighted by Crippen LogP contribution is 2.28. The molecular formula is C18H11N5OS2. The van der Waals surface area contributed by atoms with E-state index in [0.717, 1.165) is 21.8 Å². The molecule has 4 heterocycles. The number of thiophene rings is 1. The molecule has 5 aromatic rings. The van der Waals surface area contributed by atoms with Crippen LogP contribution in [0.1, 0.15) is 5.56 Å². The van der Waals surface area contributed by atoms with Crippen molar-refractivity contribution < 1.29 is 0 Å². The third-order valence-corrected chi connectivity index (χ3v) is 5.78. The number of benzene rings is 1. The molecule has 0 aliphatic carbocycles. The highest BCUT2D eigenvalue weighted by molar-refractivity contribution is 7.15. The van der Waals surface area contributed by atoms with Gasteiger partial charge < -0.3 is 0 Å².